The van der Waals surface area contributed by atoms with Crippen LogP contribution < -0.4 is 10.6 Å². The van der Waals surface area contributed by atoms with Crippen LogP contribution in [0.4, 0.5) is 0 Å². The third-order valence-electron chi connectivity index (χ3n) is 6.69. The van der Waals surface area contributed by atoms with Crippen LogP contribution in [0.15, 0.2) is 72.9 Å². The lowest BCUT2D eigenvalue weighted by Gasteiger charge is -2.18. The fourth-order valence-corrected chi connectivity index (χ4v) is 4.90. The smallest absolute Gasteiger partial charge is 0.224 e. The zero-order chi connectivity index (χ0) is 27.9. The van der Waals surface area contributed by atoms with Crippen LogP contribution in [-0.4, -0.2) is 33.2 Å². The molecule has 39 heavy (non-hydrogen) atoms. The van der Waals surface area contributed by atoms with E-state index in [1.807, 2.05) is 44.2 Å². The average Bonchev–Trinajstić information content (AvgIpc) is 3.25. The van der Waals surface area contributed by atoms with Gasteiger partial charge in [-0.1, -0.05) is 59.6 Å². The SMILES string of the molecule is Cc1ccc(C)n1-c1ccc([C@H](O)CN[C@H](C)Cc2cccc(CC(=O)NCc3ccc(Cl)c(Cl)c3)c2)cn1. The molecule has 6 nitrogen and oxygen atoms in total. The van der Waals surface area contributed by atoms with E-state index < -0.39 is 6.10 Å². The number of hydrogen-bond acceptors (Lipinski definition) is 4. The topological polar surface area (TPSA) is 79.2 Å². The maximum Gasteiger partial charge on any atom is 0.224 e. The Bertz CT molecular complexity index is 1400. The molecule has 0 aliphatic rings. The highest BCUT2D eigenvalue weighted by molar-refractivity contribution is 6.42. The van der Waals surface area contributed by atoms with Crippen LogP contribution in [0.3, 0.4) is 0 Å². The lowest BCUT2D eigenvalue weighted by molar-refractivity contribution is -0.120. The summed E-state index contributed by atoms with van der Waals surface area (Å²) < 4.78 is 2.09. The van der Waals surface area contributed by atoms with Crippen molar-refractivity contribution >= 4 is 29.1 Å². The van der Waals surface area contributed by atoms with Crippen LogP contribution in [0.1, 0.15) is 46.7 Å². The number of rotatable bonds is 11. The quantitative estimate of drug-likeness (QED) is 0.211. The third kappa shape index (κ3) is 7.93. The van der Waals surface area contributed by atoms with Gasteiger partial charge in [0.05, 0.1) is 22.6 Å². The van der Waals surface area contributed by atoms with Gasteiger partial charge in [-0.3, -0.25) is 4.79 Å². The average molecular weight is 566 g/mol. The molecule has 2 atom stereocenters. The lowest BCUT2D eigenvalue weighted by atomic mass is 10.0. The van der Waals surface area contributed by atoms with Gasteiger partial charge < -0.3 is 20.3 Å². The number of aliphatic hydroxyl groups excluding tert-OH is 1. The van der Waals surface area contributed by atoms with Gasteiger partial charge in [0.15, 0.2) is 0 Å². The molecule has 0 saturated carbocycles. The summed E-state index contributed by atoms with van der Waals surface area (Å²) in [6, 6.07) is 21.5. The molecule has 0 bridgehead atoms. The largest absolute Gasteiger partial charge is 0.387 e. The number of nitrogens with one attached hydrogen (secondary N) is 2. The number of amides is 1. The van der Waals surface area contributed by atoms with Gasteiger partial charge >= 0.3 is 0 Å². The Hall–Kier alpha value is -3.16. The van der Waals surface area contributed by atoms with E-state index in [-0.39, 0.29) is 11.9 Å². The van der Waals surface area contributed by atoms with Crippen molar-refractivity contribution in [3.8, 4) is 5.82 Å². The van der Waals surface area contributed by atoms with Crippen molar-refractivity contribution in [3.63, 3.8) is 0 Å². The van der Waals surface area contributed by atoms with E-state index >= 15 is 0 Å². The Kier molecular flexibility index (Phi) is 9.81. The molecule has 1 amide bonds. The summed E-state index contributed by atoms with van der Waals surface area (Å²) in [6.07, 6.45) is 2.14. The van der Waals surface area contributed by atoms with Crippen molar-refractivity contribution in [2.24, 2.45) is 0 Å². The van der Waals surface area contributed by atoms with E-state index in [1.54, 1.807) is 18.3 Å². The van der Waals surface area contributed by atoms with Gasteiger partial charge in [-0.2, -0.15) is 0 Å². The van der Waals surface area contributed by atoms with E-state index in [1.165, 1.54) is 0 Å². The molecular formula is C31H34Cl2N4O2. The van der Waals surface area contributed by atoms with E-state index in [0.717, 1.165) is 45.9 Å². The first kappa shape index (κ1) is 28.8. The second-order valence-corrected chi connectivity index (χ2v) is 10.8. The van der Waals surface area contributed by atoms with Gasteiger partial charge in [-0.25, -0.2) is 4.98 Å². The van der Waals surface area contributed by atoms with Crippen LogP contribution >= 0.6 is 23.2 Å². The Balaban J connectivity index is 1.25. The van der Waals surface area contributed by atoms with Crippen LogP contribution in [0.2, 0.25) is 10.0 Å². The molecular weight excluding hydrogens is 531 g/mol. The number of hydrogen-bond donors (Lipinski definition) is 3. The number of pyridine rings is 1. The predicted octanol–water partition coefficient (Wildman–Crippen LogP) is 5.91. The van der Waals surface area contributed by atoms with Crippen LogP contribution in [0.25, 0.3) is 5.82 Å². The van der Waals surface area contributed by atoms with Gasteiger partial charge in [-0.15, -0.1) is 0 Å². The summed E-state index contributed by atoms with van der Waals surface area (Å²) in [5.74, 6) is 0.782. The molecule has 4 aromatic rings. The molecule has 204 valence electrons. The summed E-state index contributed by atoms with van der Waals surface area (Å²) >= 11 is 12.0. The fourth-order valence-electron chi connectivity index (χ4n) is 4.58. The number of benzene rings is 2. The first-order chi connectivity index (χ1) is 18.7. The second-order valence-electron chi connectivity index (χ2n) is 9.95. The Labute approximate surface area is 240 Å². The maximum atomic E-state index is 12.5. The lowest BCUT2D eigenvalue weighted by Crippen LogP contribution is -2.32. The summed E-state index contributed by atoms with van der Waals surface area (Å²) in [5.41, 5.74) is 5.99. The van der Waals surface area contributed by atoms with Crippen LogP contribution in [0.5, 0.6) is 0 Å². The van der Waals surface area contributed by atoms with Crippen LogP contribution in [0, 0.1) is 13.8 Å². The van der Waals surface area contributed by atoms with Crippen LogP contribution in [-0.2, 0) is 24.2 Å². The maximum absolute atomic E-state index is 12.5. The first-order valence-electron chi connectivity index (χ1n) is 13.0. The highest BCUT2D eigenvalue weighted by atomic mass is 35.5. The van der Waals surface area contributed by atoms with Crippen molar-refractivity contribution in [1.82, 2.24) is 20.2 Å². The molecule has 0 aliphatic heterocycles. The minimum absolute atomic E-state index is 0.0609. The Morgan fingerprint density at radius 1 is 0.949 bits per heavy atom. The van der Waals surface area contributed by atoms with Crippen molar-refractivity contribution in [2.75, 3.05) is 6.54 Å². The minimum atomic E-state index is -0.661. The summed E-state index contributed by atoms with van der Waals surface area (Å²) in [4.78, 5) is 17.0. The van der Waals surface area contributed by atoms with Crippen molar-refractivity contribution < 1.29 is 9.90 Å². The number of aromatic nitrogens is 2. The van der Waals surface area contributed by atoms with Gasteiger partial charge in [0.1, 0.15) is 5.82 Å². The molecule has 0 aliphatic carbocycles. The number of carbonyl (C=O) groups is 1. The zero-order valence-corrected chi connectivity index (χ0v) is 23.9. The minimum Gasteiger partial charge on any atom is -0.387 e. The van der Waals surface area contributed by atoms with E-state index in [9.17, 15) is 9.90 Å². The molecule has 2 aromatic carbocycles. The standard InChI is InChI=1S/C31H34Cl2N4O2/c1-20(34-19-29(38)26-10-12-30(35-18-26)37-21(2)7-8-22(37)3)13-23-5-4-6-24(14-23)16-31(39)36-17-25-9-11-27(32)28(33)15-25/h4-12,14-15,18,20,29,34,38H,13,16-17,19H2,1-3H3,(H,36,39)/t20-,29-/m1/s1. The molecule has 0 saturated heterocycles. The molecule has 8 heteroatoms. The molecule has 4 rings (SSSR count). The molecule has 0 unspecified atom stereocenters. The van der Waals surface area contributed by atoms with E-state index in [4.69, 9.17) is 23.2 Å². The molecule has 0 radical (unpaired) electrons. The van der Waals surface area contributed by atoms with E-state index in [2.05, 4.69) is 51.4 Å². The zero-order valence-electron chi connectivity index (χ0n) is 22.4. The number of halogens is 2. The summed E-state index contributed by atoms with van der Waals surface area (Å²) in [5, 5.41) is 18.0. The monoisotopic (exact) mass is 564 g/mol. The number of aliphatic hydroxyl groups is 1. The summed E-state index contributed by atoms with van der Waals surface area (Å²) in [7, 11) is 0. The van der Waals surface area contributed by atoms with Gasteiger partial charge in [0, 0.05) is 42.3 Å². The highest BCUT2D eigenvalue weighted by Gasteiger charge is 2.13. The van der Waals surface area contributed by atoms with E-state index in [0.29, 0.717) is 29.6 Å². The molecule has 3 N–H and O–H groups in total. The fraction of sp³-hybridized carbons (Fsp3) is 0.290. The van der Waals surface area contributed by atoms with Crippen molar-refractivity contribution in [1.29, 1.82) is 0 Å². The third-order valence-corrected chi connectivity index (χ3v) is 7.43. The molecule has 0 fully saturated rings. The van der Waals surface area contributed by atoms with Gasteiger partial charge in [-0.05, 0) is 74.2 Å². The summed E-state index contributed by atoms with van der Waals surface area (Å²) in [6.45, 7) is 6.99. The Morgan fingerprint density at radius 3 is 2.38 bits per heavy atom. The Morgan fingerprint density at radius 2 is 1.69 bits per heavy atom. The first-order valence-corrected chi connectivity index (χ1v) is 13.8. The molecule has 2 aromatic heterocycles. The predicted molar refractivity (Wildman–Crippen MR) is 158 cm³/mol. The van der Waals surface area contributed by atoms with Crippen molar-refractivity contribution in [2.45, 2.75) is 52.3 Å². The van der Waals surface area contributed by atoms with Crippen molar-refractivity contribution in [3.05, 3.63) is 117 Å². The number of nitrogens with zero attached hydrogens (tertiary/aromatic N) is 2. The molecule has 0 spiro atoms. The normalized spacial score (nSPS) is 12.8. The number of aryl methyl sites for hydroxylation is 2. The van der Waals surface area contributed by atoms with Gasteiger partial charge in [0.25, 0.3) is 0 Å². The highest BCUT2D eigenvalue weighted by Crippen LogP contribution is 2.22. The van der Waals surface area contributed by atoms with Gasteiger partial charge in [0.2, 0.25) is 5.91 Å². The number of carbonyl (C=O) groups excluding carboxylic acids is 1. The molecule has 2 heterocycles. The second kappa shape index (κ2) is 13.3.